The van der Waals surface area contributed by atoms with Crippen molar-refractivity contribution in [2.45, 2.75) is 0 Å². The Balaban J connectivity index is 2.40. The Bertz CT molecular complexity index is 631. The molecule has 0 aliphatic rings. The molecule has 98 valence electrons. The van der Waals surface area contributed by atoms with E-state index in [1.54, 1.807) is 24.3 Å². The second-order valence-electron chi connectivity index (χ2n) is 4.02. The van der Waals surface area contributed by atoms with E-state index < -0.39 is 11.7 Å². The number of anilines is 2. The van der Waals surface area contributed by atoms with Crippen LogP contribution in [0.2, 0.25) is 5.02 Å². The smallest absolute Gasteiger partial charge is 0.261 e. The molecule has 2 N–H and O–H groups in total. The van der Waals surface area contributed by atoms with Crippen LogP contribution in [0.4, 0.5) is 15.8 Å². The highest BCUT2D eigenvalue weighted by Crippen LogP contribution is 2.25. The highest BCUT2D eigenvalue weighted by Gasteiger charge is 2.20. The summed E-state index contributed by atoms with van der Waals surface area (Å²) in [5.41, 5.74) is 6.67. The summed E-state index contributed by atoms with van der Waals surface area (Å²) in [6.45, 7) is 0. The van der Waals surface area contributed by atoms with Gasteiger partial charge in [0.1, 0.15) is 0 Å². The van der Waals surface area contributed by atoms with Gasteiger partial charge in [0.25, 0.3) is 5.91 Å². The summed E-state index contributed by atoms with van der Waals surface area (Å²) in [7, 11) is 1.54. The third-order valence-electron chi connectivity index (χ3n) is 2.78. The van der Waals surface area contributed by atoms with E-state index in [1.807, 2.05) is 0 Å². The van der Waals surface area contributed by atoms with Crippen LogP contribution < -0.4 is 10.6 Å². The molecule has 0 saturated carbocycles. The number of nitrogens with two attached hydrogens (primary N) is 1. The first-order valence-corrected chi connectivity index (χ1v) is 5.96. The van der Waals surface area contributed by atoms with E-state index >= 15 is 0 Å². The molecule has 0 aliphatic heterocycles. The van der Waals surface area contributed by atoms with Crippen LogP contribution in [0.5, 0.6) is 0 Å². The zero-order chi connectivity index (χ0) is 14.0. The number of amides is 1. The Hall–Kier alpha value is -2.07. The van der Waals surface area contributed by atoms with Crippen molar-refractivity contribution in [1.29, 1.82) is 0 Å². The fourth-order valence-electron chi connectivity index (χ4n) is 1.75. The third kappa shape index (κ3) is 2.53. The predicted octanol–water partition coefficient (Wildman–Crippen LogP) is 3.34. The fraction of sp³-hybridized carbons (Fsp3) is 0.0714. The summed E-state index contributed by atoms with van der Waals surface area (Å²) in [4.78, 5) is 13.5. The van der Waals surface area contributed by atoms with Gasteiger partial charge in [-0.3, -0.25) is 4.79 Å². The Morgan fingerprint density at radius 3 is 2.58 bits per heavy atom. The van der Waals surface area contributed by atoms with Crippen LogP contribution in [0.1, 0.15) is 10.4 Å². The standard InChI is InChI=1S/C14H12ClFN2O/c1-18(12-8-3-2-7-11(12)17)14(19)9-5-4-6-10(15)13(9)16/h2-8H,17H2,1H3. The summed E-state index contributed by atoms with van der Waals surface area (Å²) in [6.07, 6.45) is 0. The van der Waals surface area contributed by atoms with Gasteiger partial charge in [-0.2, -0.15) is 0 Å². The van der Waals surface area contributed by atoms with Gasteiger partial charge in [0, 0.05) is 7.05 Å². The topological polar surface area (TPSA) is 46.3 Å². The fourth-order valence-corrected chi connectivity index (χ4v) is 1.93. The van der Waals surface area contributed by atoms with Crippen molar-refractivity contribution in [2.24, 2.45) is 0 Å². The molecule has 0 radical (unpaired) electrons. The van der Waals surface area contributed by atoms with Crippen LogP contribution >= 0.6 is 11.6 Å². The van der Waals surface area contributed by atoms with Crippen molar-refractivity contribution < 1.29 is 9.18 Å². The van der Waals surface area contributed by atoms with Crippen molar-refractivity contribution in [1.82, 2.24) is 0 Å². The molecule has 0 bridgehead atoms. The SMILES string of the molecule is CN(C(=O)c1cccc(Cl)c1F)c1ccccc1N. The number of nitrogen functional groups attached to an aromatic ring is 1. The van der Waals surface area contributed by atoms with E-state index in [2.05, 4.69) is 0 Å². The minimum Gasteiger partial charge on any atom is -0.397 e. The summed E-state index contributed by atoms with van der Waals surface area (Å²) < 4.78 is 13.8. The predicted molar refractivity (Wildman–Crippen MR) is 75.0 cm³/mol. The van der Waals surface area contributed by atoms with Gasteiger partial charge in [0.05, 0.1) is 22.0 Å². The Morgan fingerprint density at radius 1 is 1.21 bits per heavy atom. The first kappa shape index (κ1) is 13.4. The molecule has 0 fully saturated rings. The van der Waals surface area contributed by atoms with Crippen molar-refractivity contribution in [3.8, 4) is 0 Å². The average Bonchev–Trinajstić information content (AvgIpc) is 2.41. The summed E-state index contributed by atoms with van der Waals surface area (Å²) >= 11 is 5.67. The van der Waals surface area contributed by atoms with Gasteiger partial charge < -0.3 is 10.6 Å². The van der Waals surface area contributed by atoms with E-state index in [0.717, 1.165) is 0 Å². The van der Waals surface area contributed by atoms with Crippen LogP contribution in [0, 0.1) is 5.82 Å². The Kier molecular flexibility index (Phi) is 3.71. The summed E-state index contributed by atoms with van der Waals surface area (Å²) in [6, 6.07) is 11.2. The van der Waals surface area contributed by atoms with E-state index in [0.29, 0.717) is 11.4 Å². The van der Waals surface area contributed by atoms with Gasteiger partial charge in [0.2, 0.25) is 0 Å². The molecule has 2 aromatic rings. The zero-order valence-electron chi connectivity index (χ0n) is 10.2. The molecule has 0 heterocycles. The molecule has 0 aliphatic carbocycles. The molecule has 1 amide bonds. The van der Waals surface area contributed by atoms with Crippen molar-refractivity contribution in [3.63, 3.8) is 0 Å². The monoisotopic (exact) mass is 278 g/mol. The first-order valence-electron chi connectivity index (χ1n) is 5.59. The molecule has 0 aromatic heterocycles. The molecular weight excluding hydrogens is 267 g/mol. The molecule has 5 heteroatoms. The molecule has 2 aromatic carbocycles. The van der Waals surface area contributed by atoms with Crippen LogP contribution in [0.15, 0.2) is 42.5 Å². The van der Waals surface area contributed by atoms with Gasteiger partial charge in [-0.05, 0) is 24.3 Å². The minimum atomic E-state index is -0.726. The van der Waals surface area contributed by atoms with E-state index in [-0.39, 0.29) is 10.6 Å². The van der Waals surface area contributed by atoms with Gasteiger partial charge in [0.15, 0.2) is 5.82 Å². The van der Waals surface area contributed by atoms with E-state index in [4.69, 9.17) is 17.3 Å². The molecule has 2 rings (SSSR count). The number of carbonyl (C=O) groups is 1. The number of nitrogens with zero attached hydrogens (tertiary/aromatic N) is 1. The molecule has 19 heavy (non-hydrogen) atoms. The highest BCUT2D eigenvalue weighted by atomic mass is 35.5. The number of rotatable bonds is 2. The zero-order valence-corrected chi connectivity index (χ0v) is 11.0. The van der Waals surface area contributed by atoms with Crippen molar-refractivity contribution >= 4 is 28.9 Å². The summed E-state index contributed by atoms with van der Waals surface area (Å²) in [5.74, 6) is -1.23. The van der Waals surface area contributed by atoms with Crippen LogP contribution in [-0.4, -0.2) is 13.0 Å². The van der Waals surface area contributed by atoms with E-state index in [9.17, 15) is 9.18 Å². The van der Waals surface area contributed by atoms with Gasteiger partial charge >= 0.3 is 0 Å². The molecule has 3 nitrogen and oxygen atoms in total. The number of halogens is 2. The lowest BCUT2D eigenvalue weighted by Gasteiger charge is -2.19. The molecule has 0 unspecified atom stereocenters. The largest absolute Gasteiger partial charge is 0.397 e. The molecule has 0 spiro atoms. The maximum Gasteiger partial charge on any atom is 0.261 e. The van der Waals surface area contributed by atoms with Crippen LogP contribution in [0.25, 0.3) is 0 Å². The lowest BCUT2D eigenvalue weighted by atomic mass is 10.1. The molecule has 0 atom stereocenters. The second kappa shape index (κ2) is 5.28. The normalized spacial score (nSPS) is 10.3. The number of hydrogen-bond donors (Lipinski definition) is 1. The van der Waals surface area contributed by atoms with Gasteiger partial charge in [-0.15, -0.1) is 0 Å². The van der Waals surface area contributed by atoms with Gasteiger partial charge in [-0.25, -0.2) is 4.39 Å². The van der Waals surface area contributed by atoms with E-state index in [1.165, 1.54) is 30.1 Å². The average molecular weight is 279 g/mol. The quantitative estimate of drug-likeness (QED) is 0.857. The van der Waals surface area contributed by atoms with Crippen LogP contribution in [-0.2, 0) is 0 Å². The van der Waals surface area contributed by atoms with Crippen molar-refractivity contribution in [3.05, 3.63) is 58.9 Å². The van der Waals surface area contributed by atoms with Crippen LogP contribution in [0.3, 0.4) is 0 Å². The van der Waals surface area contributed by atoms with Crippen molar-refractivity contribution in [2.75, 3.05) is 17.7 Å². The Labute approximate surface area is 115 Å². The van der Waals surface area contributed by atoms with Gasteiger partial charge in [-0.1, -0.05) is 29.8 Å². The summed E-state index contributed by atoms with van der Waals surface area (Å²) in [5, 5.41) is -0.0831. The number of hydrogen-bond acceptors (Lipinski definition) is 2. The number of benzene rings is 2. The molecule has 0 saturated heterocycles. The lowest BCUT2D eigenvalue weighted by molar-refractivity contribution is 0.0989. The highest BCUT2D eigenvalue weighted by molar-refractivity contribution is 6.31. The third-order valence-corrected chi connectivity index (χ3v) is 3.08. The lowest BCUT2D eigenvalue weighted by Crippen LogP contribution is -2.27. The Morgan fingerprint density at radius 2 is 1.89 bits per heavy atom. The second-order valence-corrected chi connectivity index (χ2v) is 4.43. The number of carbonyl (C=O) groups excluding carboxylic acids is 1. The molecular formula is C14H12ClFN2O. The minimum absolute atomic E-state index is 0.0831. The maximum atomic E-state index is 13.8. The first-order chi connectivity index (χ1) is 9.02. The number of para-hydroxylation sites is 2. The maximum absolute atomic E-state index is 13.8.